The molecule has 0 aromatic heterocycles. The van der Waals surface area contributed by atoms with E-state index in [0.717, 1.165) is 25.8 Å². The van der Waals surface area contributed by atoms with Gasteiger partial charge in [0.2, 0.25) is 0 Å². The van der Waals surface area contributed by atoms with Crippen LogP contribution in [0.3, 0.4) is 0 Å². The van der Waals surface area contributed by atoms with E-state index >= 15 is 0 Å². The van der Waals surface area contributed by atoms with E-state index < -0.39 is 0 Å². The van der Waals surface area contributed by atoms with Gasteiger partial charge in [-0.2, -0.15) is 0 Å². The monoisotopic (exact) mass is 273 g/mol. The van der Waals surface area contributed by atoms with Gasteiger partial charge in [0.25, 0.3) is 0 Å². The summed E-state index contributed by atoms with van der Waals surface area (Å²) < 4.78 is 16.3. The molecule has 1 saturated heterocycles. The van der Waals surface area contributed by atoms with E-state index in [9.17, 15) is 4.79 Å². The Morgan fingerprint density at radius 1 is 1.37 bits per heavy atom. The topological polar surface area (TPSA) is 56.8 Å². The highest BCUT2D eigenvalue weighted by Gasteiger charge is 2.27. The molecule has 0 amide bonds. The fraction of sp³-hybridized carbons (Fsp3) is 0.929. The van der Waals surface area contributed by atoms with Crippen LogP contribution in [0.15, 0.2) is 0 Å². The molecule has 3 atom stereocenters. The lowest BCUT2D eigenvalue weighted by atomic mass is 10.0. The zero-order chi connectivity index (χ0) is 14.3. The average Bonchev–Trinajstić information content (AvgIpc) is 2.37. The van der Waals surface area contributed by atoms with Gasteiger partial charge in [-0.1, -0.05) is 6.92 Å². The summed E-state index contributed by atoms with van der Waals surface area (Å²) in [4.78, 5) is 11.6. The van der Waals surface area contributed by atoms with Crippen molar-refractivity contribution in [2.24, 2.45) is 0 Å². The van der Waals surface area contributed by atoms with Crippen molar-refractivity contribution in [3.8, 4) is 0 Å². The van der Waals surface area contributed by atoms with E-state index in [1.165, 1.54) is 7.11 Å². The first-order valence-corrected chi connectivity index (χ1v) is 7.15. The molecule has 0 aromatic rings. The molecule has 1 fully saturated rings. The Balaban J connectivity index is 2.39. The Morgan fingerprint density at radius 2 is 2.00 bits per heavy atom. The normalized spacial score (nSPS) is 28.9. The number of ether oxygens (including phenoxy) is 3. The van der Waals surface area contributed by atoms with Crippen LogP contribution in [0.1, 0.15) is 40.0 Å². The molecule has 19 heavy (non-hydrogen) atoms. The van der Waals surface area contributed by atoms with Gasteiger partial charge in [-0.3, -0.25) is 4.79 Å². The first kappa shape index (κ1) is 16.4. The minimum absolute atomic E-state index is 0.161. The Bertz CT molecular complexity index is 262. The molecule has 5 nitrogen and oxygen atoms in total. The molecule has 0 aromatic carbocycles. The summed E-state index contributed by atoms with van der Waals surface area (Å²) >= 11 is 0. The van der Waals surface area contributed by atoms with Gasteiger partial charge in [-0.25, -0.2) is 0 Å². The molecule has 1 aliphatic rings. The molecule has 0 saturated carbocycles. The highest BCUT2D eigenvalue weighted by Crippen LogP contribution is 2.21. The molecule has 1 N–H and O–H groups in total. The second-order valence-electron chi connectivity index (χ2n) is 5.21. The Labute approximate surface area is 116 Å². The zero-order valence-electron chi connectivity index (χ0n) is 12.5. The molecule has 5 heteroatoms. The summed E-state index contributed by atoms with van der Waals surface area (Å²) in [7, 11) is 1.40. The summed E-state index contributed by atoms with van der Waals surface area (Å²) in [6.45, 7) is 7.31. The number of carbonyl (C=O) groups excluding carboxylic acids is 1. The number of hydrogen-bond donors (Lipinski definition) is 1. The molecule has 112 valence electrons. The zero-order valence-corrected chi connectivity index (χ0v) is 12.5. The van der Waals surface area contributed by atoms with Gasteiger partial charge in [0.05, 0.1) is 32.0 Å². The Morgan fingerprint density at radius 3 is 2.53 bits per heavy atom. The standard InChI is InChI=1S/C14H27NO4/c1-5-6-15-13(14(16)17-4)9-18-12-7-10(2)19-11(3)8-12/h10-13,15H,5-9H2,1-4H3. The van der Waals surface area contributed by atoms with Crippen molar-refractivity contribution in [3.05, 3.63) is 0 Å². The number of carbonyl (C=O) groups is 1. The predicted molar refractivity (Wildman–Crippen MR) is 73.1 cm³/mol. The van der Waals surface area contributed by atoms with Crippen LogP contribution in [0.2, 0.25) is 0 Å². The van der Waals surface area contributed by atoms with Crippen LogP contribution in [0.4, 0.5) is 0 Å². The minimum Gasteiger partial charge on any atom is -0.468 e. The van der Waals surface area contributed by atoms with Crippen molar-refractivity contribution in [3.63, 3.8) is 0 Å². The van der Waals surface area contributed by atoms with Crippen LogP contribution in [-0.2, 0) is 19.0 Å². The lowest BCUT2D eigenvalue weighted by Crippen LogP contribution is -2.44. The predicted octanol–water partition coefficient (Wildman–Crippen LogP) is 1.50. The molecule has 0 bridgehead atoms. The smallest absolute Gasteiger partial charge is 0.325 e. The first-order valence-electron chi connectivity index (χ1n) is 7.15. The summed E-state index contributed by atoms with van der Waals surface area (Å²) in [5, 5.41) is 3.15. The fourth-order valence-corrected chi connectivity index (χ4v) is 2.38. The van der Waals surface area contributed by atoms with E-state index in [1.807, 2.05) is 0 Å². The van der Waals surface area contributed by atoms with Gasteiger partial charge < -0.3 is 19.5 Å². The van der Waals surface area contributed by atoms with E-state index in [1.54, 1.807) is 0 Å². The Hall–Kier alpha value is -0.650. The van der Waals surface area contributed by atoms with Gasteiger partial charge in [0, 0.05) is 0 Å². The van der Waals surface area contributed by atoms with Crippen LogP contribution in [0.5, 0.6) is 0 Å². The third-order valence-electron chi connectivity index (χ3n) is 3.28. The molecule has 1 rings (SSSR count). The molecule has 1 aliphatic heterocycles. The molecule has 1 heterocycles. The molecular formula is C14H27NO4. The van der Waals surface area contributed by atoms with Crippen LogP contribution < -0.4 is 5.32 Å². The van der Waals surface area contributed by atoms with Gasteiger partial charge in [0.1, 0.15) is 6.04 Å². The molecule has 0 aliphatic carbocycles. The van der Waals surface area contributed by atoms with Gasteiger partial charge in [-0.05, 0) is 39.7 Å². The van der Waals surface area contributed by atoms with Crippen molar-refractivity contribution in [2.45, 2.75) is 64.4 Å². The summed E-state index contributed by atoms with van der Waals surface area (Å²) in [5.41, 5.74) is 0. The third kappa shape index (κ3) is 5.89. The van der Waals surface area contributed by atoms with E-state index in [2.05, 4.69) is 26.1 Å². The quantitative estimate of drug-likeness (QED) is 0.712. The summed E-state index contributed by atoms with van der Waals surface area (Å²) in [5.74, 6) is -0.262. The molecule has 0 spiro atoms. The van der Waals surface area contributed by atoms with E-state index in [4.69, 9.17) is 14.2 Å². The number of nitrogens with one attached hydrogen (secondary N) is 1. The number of hydrogen-bond acceptors (Lipinski definition) is 5. The van der Waals surface area contributed by atoms with Crippen molar-refractivity contribution < 1.29 is 19.0 Å². The van der Waals surface area contributed by atoms with E-state index in [-0.39, 0.29) is 30.3 Å². The molecule has 3 unspecified atom stereocenters. The van der Waals surface area contributed by atoms with Crippen LogP contribution >= 0.6 is 0 Å². The fourth-order valence-electron chi connectivity index (χ4n) is 2.38. The van der Waals surface area contributed by atoms with Crippen LogP contribution in [0, 0.1) is 0 Å². The highest BCUT2D eigenvalue weighted by atomic mass is 16.5. The molecular weight excluding hydrogens is 246 g/mol. The van der Waals surface area contributed by atoms with Crippen LogP contribution in [-0.4, -0.2) is 50.6 Å². The van der Waals surface area contributed by atoms with Crippen molar-refractivity contribution in [1.82, 2.24) is 5.32 Å². The van der Waals surface area contributed by atoms with Crippen molar-refractivity contribution in [2.75, 3.05) is 20.3 Å². The maximum Gasteiger partial charge on any atom is 0.325 e. The maximum atomic E-state index is 11.6. The SMILES string of the molecule is CCCNC(COC1CC(C)OC(C)C1)C(=O)OC. The summed E-state index contributed by atoms with van der Waals surface area (Å²) in [6, 6.07) is -0.376. The van der Waals surface area contributed by atoms with Gasteiger partial charge >= 0.3 is 5.97 Å². The molecule has 0 radical (unpaired) electrons. The van der Waals surface area contributed by atoms with Crippen molar-refractivity contribution in [1.29, 1.82) is 0 Å². The number of rotatable bonds is 7. The van der Waals surface area contributed by atoms with Gasteiger partial charge in [-0.15, -0.1) is 0 Å². The minimum atomic E-state index is -0.376. The summed E-state index contributed by atoms with van der Waals surface area (Å²) in [6.07, 6.45) is 3.33. The third-order valence-corrected chi connectivity index (χ3v) is 3.28. The largest absolute Gasteiger partial charge is 0.468 e. The maximum absolute atomic E-state index is 11.6. The number of methoxy groups -OCH3 is 1. The Kier molecular flexibility index (Phi) is 7.34. The van der Waals surface area contributed by atoms with Gasteiger partial charge in [0.15, 0.2) is 0 Å². The van der Waals surface area contributed by atoms with E-state index in [0.29, 0.717) is 6.61 Å². The second kappa shape index (κ2) is 8.51. The second-order valence-corrected chi connectivity index (χ2v) is 5.21. The van der Waals surface area contributed by atoms with Crippen molar-refractivity contribution >= 4 is 5.97 Å². The van der Waals surface area contributed by atoms with Crippen LogP contribution in [0.25, 0.3) is 0 Å². The lowest BCUT2D eigenvalue weighted by molar-refractivity contribution is -0.147. The number of esters is 1. The average molecular weight is 273 g/mol. The first-order chi connectivity index (χ1) is 9.06. The lowest BCUT2D eigenvalue weighted by Gasteiger charge is -2.32. The highest BCUT2D eigenvalue weighted by molar-refractivity contribution is 5.75.